The van der Waals surface area contributed by atoms with E-state index in [0.29, 0.717) is 13.0 Å². The fourth-order valence-electron chi connectivity index (χ4n) is 2.63. The van der Waals surface area contributed by atoms with Crippen molar-refractivity contribution in [1.29, 1.82) is 0 Å². The Kier molecular flexibility index (Phi) is 3.80. The summed E-state index contributed by atoms with van der Waals surface area (Å²) < 4.78 is 10.9. The molecule has 2 aliphatic rings. The lowest BCUT2D eigenvalue weighted by molar-refractivity contribution is 0.0676. The summed E-state index contributed by atoms with van der Waals surface area (Å²) in [7, 11) is 0. The Bertz CT molecular complexity index is 466. The molecule has 0 aliphatic carbocycles. The van der Waals surface area contributed by atoms with E-state index in [1.807, 2.05) is 18.2 Å². The molecule has 1 saturated heterocycles. The summed E-state index contributed by atoms with van der Waals surface area (Å²) >= 11 is 0. The Morgan fingerprint density at radius 2 is 2.32 bits per heavy atom. The number of nitrogens with one attached hydrogen (secondary N) is 1. The standard InChI is InChI=1S/C15H19NO3/c17-14(9-13-10-18-7-5-16-13)11-3-4-15-12(8-11)2-1-6-19-15/h3-4,8,13,16H,1-2,5-7,9-10H2. The monoisotopic (exact) mass is 261 g/mol. The quantitative estimate of drug-likeness (QED) is 0.839. The highest BCUT2D eigenvalue weighted by Gasteiger charge is 2.19. The van der Waals surface area contributed by atoms with Crippen LogP contribution in [-0.2, 0) is 11.2 Å². The van der Waals surface area contributed by atoms with Crippen molar-refractivity contribution in [2.75, 3.05) is 26.4 Å². The second kappa shape index (κ2) is 5.72. The van der Waals surface area contributed by atoms with Gasteiger partial charge in [-0.15, -0.1) is 0 Å². The molecule has 0 spiro atoms. The number of benzene rings is 1. The first-order chi connectivity index (χ1) is 9.33. The van der Waals surface area contributed by atoms with Crippen molar-refractivity contribution in [2.45, 2.75) is 25.3 Å². The second-order valence-corrected chi connectivity index (χ2v) is 5.13. The fourth-order valence-corrected chi connectivity index (χ4v) is 2.63. The Labute approximate surface area is 113 Å². The van der Waals surface area contributed by atoms with Gasteiger partial charge in [0.2, 0.25) is 0 Å². The SMILES string of the molecule is O=C(CC1COCCN1)c1ccc2c(c1)CCCO2. The van der Waals surface area contributed by atoms with Crippen LogP contribution in [0.1, 0.15) is 28.8 Å². The minimum atomic E-state index is 0.147. The van der Waals surface area contributed by atoms with Gasteiger partial charge in [-0.05, 0) is 36.6 Å². The third-order valence-electron chi connectivity index (χ3n) is 3.66. The number of hydrogen-bond acceptors (Lipinski definition) is 4. The number of carbonyl (C=O) groups excluding carboxylic acids is 1. The van der Waals surface area contributed by atoms with E-state index in [4.69, 9.17) is 9.47 Å². The summed E-state index contributed by atoms with van der Waals surface area (Å²) in [6.45, 7) is 2.97. The highest BCUT2D eigenvalue weighted by Crippen LogP contribution is 2.26. The van der Waals surface area contributed by atoms with E-state index in [1.165, 1.54) is 0 Å². The van der Waals surface area contributed by atoms with Crippen LogP contribution in [-0.4, -0.2) is 38.2 Å². The zero-order valence-electron chi connectivity index (χ0n) is 11.0. The Balaban J connectivity index is 1.69. The minimum absolute atomic E-state index is 0.147. The first kappa shape index (κ1) is 12.6. The molecule has 4 heteroatoms. The number of hydrogen-bond donors (Lipinski definition) is 1. The van der Waals surface area contributed by atoms with E-state index in [-0.39, 0.29) is 11.8 Å². The number of Topliss-reactive ketones (excluding diaryl/α,β-unsaturated/α-hetero) is 1. The van der Waals surface area contributed by atoms with E-state index in [2.05, 4.69) is 5.32 Å². The summed E-state index contributed by atoms with van der Waals surface area (Å²) in [5, 5.41) is 3.31. The lowest BCUT2D eigenvalue weighted by atomic mass is 9.98. The Morgan fingerprint density at radius 1 is 1.37 bits per heavy atom. The first-order valence-electron chi connectivity index (χ1n) is 6.93. The average molecular weight is 261 g/mol. The van der Waals surface area contributed by atoms with Crippen LogP contribution in [0.3, 0.4) is 0 Å². The highest BCUT2D eigenvalue weighted by molar-refractivity contribution is 5.96. The van der Waals surface area contributed by atoms with Gasteiger partial charge in [-0.2, -0.15) is 0 Å². The molecule has 0 aromatic heterocycles. The van der Waals surface area contributed by atoms with Crippen LogP contribution in [0.25, 0.3) is 0 Å². The van der Waals surface area contributed by atoms with Gasteiger partial charge >= 0.3 is 0 Å². The summed E-state index contributed by atoms with van der Waals surface area (Å²) in [6.07, 6.45) is 2.53. The number of rotatable bonds is 3. The van der Waals surface area contributed by atoms with Crippen LogP contribution in [0, 0.1) is 0 Å². The van der Waals surface area contributed by atoms with Gasteiger partial charge in [-0.1, -0.05) is 0 Å². The van der Waals surface area contributed by atoms with Crippen LogP contribution in [0.5, 0.6) is 5.75 Å². The number of carbonyl (C=O) groups is 1. The average Bonchev–Trinajstić information content (AvgIpc) is 2.48. The van der Waals surface area contributed by atoms with Crippen LogP contribution in [0.2, 0.25) is 0 Å². The van der Waals surface area contributed by atoms with Crippen molar-refractivity contribution in [3.05, 3.63) is 29.3 Å². The normalized spacial score (nSPS) is 22.4. The molecule has 0 bridgehead atoms. The fraction of sp³-hybridized carbons (Fsp3) is 0.533. The second-order valence-electron chi connectivity index (χ2n) is 5.13. The number of fused-ring (bicyclic) bond motifs is 1. The molecule has 0 amide bonds. The molecule has 0 saturated carbocycles. The molecule has 1 fully saturated rings. The number of aryl methyl sites for hydroxylation is 1. The van der Waals surface area contributed by atoms with Crippen molar-refractivity contribution >= 4 is 5.78 Å². The van der Waals surface area contributed by atoms with Crippen molar-refractivity contribution in [1.82, 2.24) is 5.32 Å². The van der Waals surface area contributed by atoms with Crippen molar-refractivity contribution < 1.29 is 14.3 Å². The molecular formula is C15H19NO3. The van der Waals surface area contributed by atoms with Crippen LogP contribution < -0.4 is 10.1 Å². The van der Waals surface area contributed by atoms with Gasteiger partial charge in [0.25, 0.3) is 0 Å². The summed E-state index contributed by atoms with van der Waals surface area (Å²) in [4.78, 5) is 12.3. The maximum atomic E-state index is 12.3. The number of ether oxygens (including phenoxy) is 2. The molecule has 102 valence electrons. The number of ketones is 1. The largest absolute Gasteiger partial charge is 0.493 e. The molecule has 2 aliphatic heterocycles. The topological polar surface area (TPSA) is 47.6 Å². The number of morpholine rings is 1. The molecule has 1 unspecified atom stereocenters. The Hall–Kier alpha value is -1.39. The summed E-state index contributed by atoms with van der Waals surface area (Å²) in [6, 6.07) is 5.93. The van der Waals surface area contributed by atoms with Crippen molar-refractivity contribution in [2.24, 2.45) is 0 Å². The van der Waals surface area contributed by atoms with E-state index in [1.54, 1.807) is 0 Å². The zero-order valence-corrected chi connectivity index (χ0v) is 11.0. The van der Waals surface area contributed by atoms with Gasteiger partial charge in [0.05, 0.1) is 19.8 Å². The third-order valence-corrected chi connectivity index (χ3v) is 3.66. The lowest BCUT2D eigenvalue weighted by Gasteiger charge is -2.23. The lowest BCUT2D eigenvalue weighted by Crippen LogP contribution is -2.42. The van der Waals surface area contributed by atoms with Gasteiger partial charge in [0, 0.05) is 24.6 Å². The van der Waals surface area contributed by atoms with Crippen LogP contribution >= 0.6 is 0 Å². The molecule has 2 heterocycles. The van der Waals surface area contributed by atoms with E-state index < -0.39 is 0 Å². The first-order valence-corrected chi connectivity index (χ1v) is 6.93. The van der Waals surface area contributed by atoms with Gasteiger partial charge < -0.3 is 14.8 Å². The maximum absolute atomic E-state index is 12.3. The van der Waals surface area contributed by atoms with E-state index in [9.17, 15) is 4.79 Å². The van der Waals surface area contributed by atoms with Crippen LogP contribution in [0.4, 0.5) is 0 Å². The summed E-state index contributed by atoms with van der Waals surface area (Å²) in [5.74, 6) is 1.11. The smallest absolute Gasteiger partial charge is 0.164 e. The highest BCUT2D eigenvalue weighted by atomic mass is 16.5. The molecule has 19 heavy (non-hydrogen) atoms. The third kappa shape index (κ3) is 2.96. The van der Waals surface area contributed by atoms with Gasteiger partial charge in [0.15, 0.2) is 5.78 Å². The molecule has 1 atom stereocenters. The van der Waals surface area contributed by atoms with Gasteiger partial charge in [-0.25, -0.2) is 0 Å². The van der Waals surface area contributed by atoms with E-state index in [0.717, 1.165) is 49.5 Å². The molecule has 0 radical (unpaired) electrons. The zero-order chi connectivity index (χ0) is 13.1. The molecule has 3 rings (SSSR count). The van der Waals surface area contributed by atoms with Crippen molar-refractivity contribution in [3.8, 4) is 5.75 Å². The Morgan fingerprint density at radius 3 is 3.16 bits per heavy atom. The molecule has 1 aromatic carbocycles. The molecular weight excluding hydrogens is 242 g/mol. The molecule has 1 N–H and O–H groups in total. The van der Waals surface area contributed by atoms with Crippen LogP contribution in [0.15, 0.2) is 18.2 Å². The molecule has 4 nitrogen and oxygen atoms in total. The summed E-state index contributed by atoms with van der Waals surface area (Å²) in [5.41, 5.74) is 1.95. The molecule has 1 aromatic rings. The van der Waals surface area contributed by atoms with Crippen molar-refractivity contribution in [3.63, 3.8) is 0 Å². The predicted molar refractivity (Wildman–Crippen MR) is 71.8 cm³/mol. The van der Waals surface area contributed by atoms with E-state index >= 15 is 0 Å². The minimum Gasteiger partial charge on any atom is -0.493 e. The maximum Gasteiger partial charge on any atom is 0.164 e. The predicted octanol–water partition coefficient (Wildman–Crippen LogP) is 1.57. The van der Waals surface area contributed by atoms with Gasteiger partial charge in [-0.3, -0.25) is 4.79 Å². The van der Waals surface area contributed by atoms with Gasteiger partial charge in [0.1, 0.15) is 5.75 Å².